The standard InChI is InChI=1S/C21H25N3O9/c25-6-7-31-8-9-32-10-11-33-12-17(27)22-14-3-1-2-13-18(14)21(30)24(20(13)29)15-4-5-16(26)23-19(15)28/h1-3,15,25H,4-12H2,(H,22,27)(H,23,26,28). The molecule has 5 amide bonds. The second-order valence-corrected chi connectivity index (χ2v) is 7.22. The van der Waals surface area contributed by atoms with Gasteiger partial charge in [0.1, 0.15) is 12.6 Å². The van der Waals surface area contributed by atoms with E-state index in [-0.39, 0.29) is 62.7 Å². The normalized spacial score (nSPS) is 17.8. The quantitative estimate of drug-likeness (QED) is 0.263. The second-order valence-electron chi connectivity index (χ2n) is 7.22. The van der Waals surface area contributed by atoms with Crippen molar-refractivity contribution in [2.24, 2.45) is 0 Å². The van der Waals surface area contributed by atoms with Crippen LogP contribution in [-0.2, 0) is 28.6 Å². The number of ether oxygens (including phenoxy) is 3. The Labute approximate surface area is 189 Å². The third-order valence-electron chi connectivity index (χ3n) is 4.95. The molecule has 12 nitrogen and oxygen atoms in total. The Balaban J connectivity index is 1.52. The molecule has 0 radical (unpaired) electrons. The Morgan fingerprint density at radius 3 is 2.42 bits per heavy atom. The first-order valence-corrected chi connectivity index (χ1v) is 10.4. The average Bonchev–Trinajstić information content (AvgIpc) is 3.04. The Kier molecular flexibility index (Phi) is 8.60. The number of carbonyl (C=O) groups is 5. The molecule has 1 aromatic rings. The molecular weight excluding hydrogens is 438 g/mol. The number of hydrogen-bond donors (Lipinski definition) is 3. The van der Waals surface area contributed by atoms with Crippen LogP contribution in [0.3, 0.4) is 0 Å². The van der Waals surface area contributed by atoms with Gasteiger partial charge in [0.05, 0.1) is 56.5 Å². The number of carbonyl (C=O) groups excluding carboxylic acids is 5. The van der Waals surface area contributed by atoms with Crippen molar-refractivity contribution in [3.63, 3.8) is 0 Å². The number of nitrogens with one attached hydrogen (secondary N) is 2. The molecule has 1 aromatic carbocycles. The van der Waals surface area contributed by atoms with Crippen molar-refractivity contribution in [1.29, 1.82) is 0 Å². The zero-order valence-corrected chi connectivity index (χ0v) is 17.8. The van der Waals surface area contributed by atoms with Crippen molar-refractivity contribution >= 4 is 35.2 Å². The van der Waals surface area contributed by atoms with Gasteiger partial charge in [0.2, 0.25) is 17.7 Å². The molecule has 2 aliphatic heterocycles. The Morgan fingerprint density at radius 1 is 1.03 bits per heavy atom. The minimum absolute atomic E-state index is 0.00763. The molecule has 33 heavy (non-hydrogen) atoms. The monoisotopic (exact) mass is 463 g/mol. The SMILES string of the molecule is O=C1CCC(N2C(=O)c3cccc(NC(=O)COCCOCCOCCO)c3C2=O)C(=O)N1. The number of aliphatic hydroxyl groups is 1. The van der Waals surface area contributed by atoms with Gasteiger partial charge in [-0.25, -0.2) is 0 Å². The lowest BCUT2D eigenvalue weighted by Gasteiger charge is -2.27. The second kappa shape index (κ2) is 11.6. The summed E-state index contributed by atoms with van der Waals surface area (Å²) in [6, 6.07) is 3.35. The predicted molar refractivity (Wildman–Crippen MR) is 111 cm³/mol. The summed E-state index contributed by atoms with van der Waals surface area (Å²) in [6.45, 7) is 0.937. The summed E-state index contributed by atoms with van der Waals surface area (Å²) < 4.78 is 15.5. The fourth-order valence-corrected chi connectivity index (χ4v) is 3.47. The van der Waals surface area contributed by atoms with E-state index < -0.39 is 35.6 Å². The number of amides is 5. The molecule has 1 saturated heterocycles. The van der Waals surface area contributed by atoms with Crippen molar-refractivity contribution in [1.82, 2.24) is 10.2 Å². The number of aliphatic hydroxyl groups excluding tert-OH is 1. The third kappa shape index (κ3) is 5.99. The van der Waals surface area contributed by atoms with Gasteiger partial charge >= 0.3 is 0 Å². The van der Waals surface area contributed by atoms with Crippen LogP contribution in [0.25, 0.3) is 0 Å². The molecule has 1 atom stereocenters. The van der Waals surface area contributed by atoms with E-state index in [1.807, 2.05) is 0 Å². The van der Waals surface area contributed by atoms with E-state index in [9.17, 15) is 24.0 Å². The Bertz CT molecular complexity index is 934. The maximum atomic E-state index is 13.0. The largest absolute Gasteiger partial charge is 0.394 e. The number of piperidine rings is 1. The van der Waals surface area contributed by atoms with Crippen molar-refractivity contribution in [2.45, 2.75) is 18.9 Å². The summed E-state index contributed by atoms with van der Waals surface area (Å²) in [5.41, 5.74) is 0.193. The van der Waals surface area contributed by atoms with Crippen LogP contribution in [0.5, 0.6) is 0 Å². The van der Waals surface area contributed by atoms with Gasteiger partial charge in [-0.1, -0.05) is 6.07 Å². The summed E-state index contributed by atoms with van der Waals surface area (Å²) in [5.74, 6) is -3.06. The van der Waals surface area contributed by atoms with Gasteiger partial charge in [-0.05, 0) is 18.6 Å². The van der Waals surface area contributed by atoms with E-state index in [1.54, 1.807) is 0 Å². The van der Waals surface area contributed by atoms with E-state index >= 15 is 0 Å². The smallest absolute Gasteiger partial charge is 0.264 e. The number of hydrogen-bond acceptors (Lipinski definition) is 9. The van der Waals surface area contributed by atoms with Crippen LogP contribution in [0.15, 0.2) is 18.2 Å². The van der Waals surface area contributed by atoms with Gasteiger partial charge in [0, 0.05) is 6.42 Å². The van der Waals surface area contributed by atoms with Gasteiger partial charge < -0.3 is 24.6 Å². The molecule has 0 spiro atoms. The Morgan fingerprint density at radius 2 is 1.73 bits per heavy atom. The Hall–Kier alpha value is -3.19. The predicted octanol–water partition coefficient (Wildman–Crippen LogP) is -0.932. The minimum Gasteiger partial charge on any atom is -0.394 e. The van der Waals surface area contributed by atoms with Crippen LogP contribution in [0, 0.1) is 0 Å². The number of nitrogens with zero attached hydrogens (tertiary/aromatic N) is 1. The molecule has 0 aromatic heterocycles. The fraction of sp³-hybridized carbons (Fsp3) is 0.476. The van der Waals surface area contributed by atoms with Crippen molar-refractivity contribution < 1.29 is 43.3 Å². The van der Waals surface area contributed by atoms with E-state index in [2.05, 4.69) is 10.6 Å². The molecule has 0 saturated carbocycles. The number of fused-ring (bicyclic) bond motifs is 1. The number of anilines is 1. The van der Waals surface area contributed by atoms with Crippen molar-refractivity contribution in [2.75, 3.05) is 51.6 Å². The molecule has 2 heterocycles. The van der Waals surface area contributed by atoms with Crippen LogP contribution >= 0.6 is 0 Å². The maximum Gasteiger partial charge on any atom is 0.264 e. The van der Waals surface area contributed by atoms with E-state index in [1.165, 1.54) is 18.2 Å². The van der Waals surface area contributed by atoms with Crippen LogP contribution < -0.4 is 10.6 Å². The first-order chi connectivity index (χ1) is 15.9. The molecule has 0 bridgehead atoms. The van der Waals surface area contributed by atoms with Crippen molar-refractivity contribution in [3.8, 4) is 0 Å². The average molecular weight is 463 g/mol. The maximum absolute atomic E-state index is 13.0. The molecular formula is C21H25N3O9. The third-order valence-corrected chi connectivity index (χ3v) is 4.95. The number of rotatable bonds is 12. The summed E-state index contributed by atoms with van der Waals surface area (Å²) in [6.07, 6.45) is 0.0610. The molecule has 178 valence electrons. The van der Waals surface area contributed by atoms with Crippen molar-refractivity contribution in [3.05, 3.63) is 29.3 Å². The summed E-state index contributed by atoms with van der Waals surface area (Å²) in [4.78, 5) is 62.4. The van der Waals surface area contributed by atoms with Gasteiger partial charge in [-0.3, -0.25) is 34.2 Å². The van der Waals surface area contributed by atoms with Crippen LogP contribution in [0.2, 0.25) is 0 Å². The van der Waals surface area contributed by atoms with Gasteiger partial charge in [-0.15, -0.1) is 0 Å². The van der Waals surface area contributed by atoms with E-state index in [0.29, 0.717) is 13.2 Å². The topological polar surface area (TPSA) is 161 Å². The first kappa shape index (κ1) is 24.5. The van der Waals surface area contributed by atoms with Crippen LogP contribution in [-0.4, -0.2) is 91.8 Å². The lowest BCUT2D eigenvalue weighted by Crippen LogP contribution is -2.54. The molecule has 0 aliphatic carbocycles. The number of imide groups is 2. The minimum atomic E-state index is -1.09. The molecule has 12 heteroatoms. The zero-order valence-electron chi connectivity index (χ0n) is 17.8. The molecule has 1 fully saturated rings. The van der Waals surface area contributed by atoms with Gasteiger partial charge in [0.25, 0.3) is 11.8 Å². The molecule has 3 N–H and O–H groups in total. The first-order valence-electron chi connectivity index (χ1n) is 10.4. The molecule has 2 aliphatic rings. The fourth-order valence-electron chi connectivity index (χ4n) is 3.47. The van der Waals surface area contributed by atoms with E-state index in [0.717, 1.165) is 4.90 Å². The summed E-state index contributed by atoms with van der Waals surface area (Å²) >= 11 is 0. The highest BCUT2D eigenvalue weighted by atomic mass is 16.5. The van der Waals surface area contributed by atoms with Gasteiger partial charge in [-0.2, -0.15) is 0 Å². The molecule has 1 unspecified atom stereocenters. The van der Waals surface area contributed by atoms with Gasteiger partial charge in [0.15, 0.2) is 0 Å². The summed E-state index contributed by atoms with van der Waals surface area (Å²) in [5, 5.41) is 13.3. The highest BCUT2D eigenvalue weighted by Crippen LogP contribution is 2.32. The van der Waals surface area contributed by atoms with Crippen LogP contribution in [0.1, 0.15) is 33.6 Å². The lowest BCUT2D eigenvalue weighted by atomic mass is 10.0. The highest BCUT2D eigenvalue weighted by Gasteiger charge is 2.45. The van der Waals surface area contributed by atoms with E-state index in [4.69, 9.17) is 19.3 Å². The molecule has 3 rings (SSSR count). The lowest BCUT2D eigenvalue weighted by molar-refractivity contribution is -0.136. The highest BCUT2D eigenvalue weighted by molar-refractivity contribution is 6.26. The zero-order chi connectivity index (χ0) is 23.8. The number of benzene rings is 1. The van der Waals surface area contributed by atoms with Crippen LogP contribution in [0.4, 0.5) is 5.69 Å². The summed E-state index contributed by atoms with van der Waals surface area (Å²) in [7, 11) is 0.